The molecule has 1 aromatic carbocycles. The summed E-state index contributed by atoms with van der Waals surface area (Å²) in [7, 11) is 0. The van der Waals surface area contributed by atoms with Crippen molar-refractivity contribution in [3.05, 3.63) is 64.6 Å². The predicted octanol–water partition coefficient (Wildman–Crippen LogP) is 2.01. The highest BCUT2D eigenvalue weighted by molar-refractivity contribution is 5.72. The quantitative estimate of drug-likeness (QED) is 0.711. The number of nitrogens with one attached hydrogen (secondary N) is 2. The van der Waals surface area contributed by atoms with E-state index in [1.165, 1.54) is 12.4 Å². The van der Waals surface area contributed by atoms with Gasteiger partial charge in [0.2, 0.25) is 0 Å². The average Bonchev–Trinajstić information content (AvgIpc) is 3.18. The Balaban J connectivity index is 1.50. The molecule has 2 N–H and O–H groups in total. The number of ether oxygens (including phenoxy) is 2. The molecule has 9 nitrogen and oxygen atoms in total. The molecule has 1 unspecified atom stereocenters. The summed E-state index contributed by atoms with van der Waals surface area (Å²) < 4.78 is 10.9. The Morgan fingerprint density at radius 3 is 3.04 bits per heavy atom. The van der Waals surface area contributed by atoms with E-state index in [1.54, 1.807) is 25.3 Å². The van der Waals surface area contributed by atoms with Crippen LogP contribution in [-0.4, -0.2) is 32.6 Å². The van der Waals surface area contributed by atoms with Crippen LogP contribution in [0, 0.1) is 0 Å². The van der Waals surface area contributed by atoms with E-state index in [9.17, 15) is 9.59 Å². The van der Waals surface area contributed by atoms with Crippen LogP contribution in [0.5, 0.6) is 11.5 Å². The molecular weight excluding hydrogens is 362 g/mol. The fourth-order valence-corrected chi connectivity index (χ4v) is 2.89. The molecule has 0 bridgehead atoms. The van der Waals surface area contributed by atoms with E-state index in [0.29, 0.717) is 29.5 Å². The molecule has 2 aromatic heterocycles. The highest BCUT2D eigenvalue weighted by Crippen LogP contribution is 2.35. The molecule has 1 aliphatic heterocycles. The van der Waals surface area contributed by atoms with Gasteiger partial charge in [-0.25, -0.2) is 19.7 Å². The predicted molar refractivity (Wildman–Crippen MR) is 99.1 cm³/mol. The van der Waals surface area contributed by atoms with Crippen LogP contribution in [0.25, 0.3) is 11.4 Å². The van der Waals surface area contributed by atoms with Crippen LogP contribution < -0.4 is 20.3 Å². The van der Waals surface area contributed by atoms with Gasteiger partial charge in [0.15, 0.2) is 11.5 Å². The Hall–Kier alpha value is -3.75. The van der Waals surface area contributed by atoms with E-state index in [-0.39, 0.29) is 11.4 Å². The lowest BCUT2D eigenvalue weighted by molar-refractivity contribution is 0.194. The molecule has 0 saturated heterocycles. The van der Waals surface area contributed by atoms with Crippen molar-refractivity contribution in [2.24, 2.45) is 0 Å². The Bertz CT molecular complexity index is 1070. The zero-order valence-electron chi connectivity index (χ0n) is 15.0. The third kappa shape index (κ3) is 3.68. The van der Waals surface area contributed by atoms with Crippen molar-refractivity contribution in [2.75, 3.05) is 6.61 Å². The van der Waals surface area contributed by atoms with Crippen molar-refractivity contribution in [1.29, 1.82) is 0 Å². The van der Waals surface area contributed by atoms with Gasteiger partial charge in [-0.2, -0.15) is 0 Å². The minimum atomic E-state index is -0.675. The number of amides is 1. The molecule has 1 atom stereocenters. The van der Waals surface area contributed by atoms with Crippen LogP contribution in [0.15, 0.2) is 47.7 Å². The summed E-state index contributed by atoms with van der Waals surface area (Å²) in [5, 5.41) is 2.66. The van der Waals surface area contributed by atoms with Gasteiger partial charge in [0, 0.05) is 24.2 Å². The van der Waals surface area contributed by atoms with Gasteiger partial charge in [-0.3, -0.25) is 4.79 Å². The van der Waals surface area contributed by atoms with Gasteiger partial charge in [0.05, 0.1) is 24.0 Å². The van der Waals surface area contributed by atoms with Gasteiger partial charge in [0.1, 0.15) is 12.2 Å². The minimum Gasteiger partial charge on any atom is -0.489 e. The SMILES string of the molecule is CC(NC(=O)Oc1cccc2c1OCC2)c1nc(-c2ccncn2)cc(=O)[nH]1. The molecule has 28 heavy (non-hydrogen) atoms. The van der Waals surface area contributed by atoms with Gasteiger partial charge in [-0.15, -0.1) is 0 Å². The first-order chi connectivity index (χ1) is 13.6. The summed E-state index contributed by atoms with van der Waals surface area (Å²) in [6, 6.07) is 7.80. The summed E-state index contributed by atoms with van der Waals surface area (Å²) in [4.78, 5) is 39.2. The molecule has 142 valence electrons. The van der Waals surface area contributed by atoms with Crippen LogP contribution in [-0.2, 0) is 6.42 Å². The van der Waals surface area contributed by atoms with Gasteiger partial charge in [-0.05, 0) is 19.1 Å². The first-order valence-corrected chi connectivity index (χ1v) is 8.71. The third-order valence-corrected chi connectivity index (χ3v) is 4.23. The van der Waals surface area contributed by atoms with E-state index >= 15 is 0 Å². The Morgan fingerprint density at radius 1 is 1.32 bits per heavy atom. The van der Waals surface area contributed by atoms with Crippen LogP contribution in [0.3, 0.4) is 0 Å². The molecule has 0 spiro atoms. The van der Waals surface area contributed by atoms with Crippen molar-refractivity contribution >= 4 is 6.09 Å². The van der Waals surface area contributed by atoms with E-state index < -0.39 is 12.1 Å². The number of fused-ring (bicyclic) bond motifs is 1. The summed E-state index contributed by atoms with van der Waals surface area (Å²) in [6.45, 7) is 2.25. The zero-order chi connectivity index (χ0) is 19.5. The lowest BCUT2D eigenvalue weighted by Gasteiger charge is -2.15. The second-order valence-electron chi connectivity index (χ2n) is 6.21. The molecule has 4 rings (SSSR count). The largest absolute Gasteiger partial charge is 0.489 e. The maximum absolute atomic E-state index is 12.3. The zero-order valence-corrected chi connectivity index (χ0v) is 15.0. The van der Waals surface area contributed by atoms with E-state index in [2.05, 4.69) is 25.3 Å². The monoisotopic (exact) mass is 379 g/mol. The van der Waals surface area contributed by atoms with Crippen LogP contribution in [0.2, 0.25) is 0 Å². The normalized spacial score (nSPS) is 13.3. The number of benzene rings is 1. The maximum atomic E-state index is 12.3. The smallest absolute Gasteiger partial charge is 0.413 e. The maximum Gasteiger partial charge on any atom is 0.413 e. The highest BCUT2D eigenvalue weighted by Gasteiger charge is 2.20. The summed E-state index contributed by atoms with van der Waals surface area (Å²) in [5.41, 5.74) is 1.54. The van der Waals surface area contributed by atoms with Crippen molar-refractivity contribution in [1.82, 2.24) is 25.3 Å². The van der Waals surface area contributed by atoms with Gasteiger partial charge in [-0.1, -0.05) is 12.1 Å². The second kappa shape index (κ2) is 7.47. The number of hydrogen-bond acceptors (Lipinski definition) is 7. The molecule has 0 saturated carbocycles. The molecule has 0 aliphatic carbocycles. The number of carbonyl (C=O) groups excluding carboxylic acids is 1. The average molecular weight is 379 g/mol. The minimum absolute atomic E-state index is 0.285. The summed E-state index contributed by atoms with van der Waals surface area (Å²) in [5.74, 6) is 1.23. The number of H-pyrrole nitrogens is 1. The summed E-state index contributed by atoms with van der Waals surface area (Å²) in [6.07, 6.45) is 3.04. The molecule has 1 aliphatic rings. The second-order valence-corrected chi connectivity index (χ2v) is 6.21. The molecule has 3 aromatic rings. The Labute approximate surface area is 159 Å². The Morgan fingerprint density at radius 2 is 2.21 bits per heavy atom. The number of aromatic nitrogens is 4. The molecule has 1 amide bonds. The first-order valence-electron chi connectivity index (χ1n) is 8.71. The van der Waals surface area contributed by atoms with Gasteiger partial charge >= 0.3 is 6.09 Å². The van der Waals surface area contributed by atoms with Crippen molar-refractivity contribution < 1.29 is 14.3 Å². The molecule has 0 fully saturated rings. The number of para-hydroxylation sites is 1. The van der Waals surface area contributed by atoms with Crippen LogP contribution in [0.4, 0.5) is 4.79 Å². The number of aromatic amines is 1. The number of carbonyl (C=O) groups is 1. The standard InChI is InChI=1S/C19H17N5O4/c1-11(18-23-14(9-16(25)24-18)13-5-7-20-10-21-13)22-19(26)28-15-4-2-3-12-6-8-27-17(12)15/h2-5,7,9-11H,6,8H2,1H3,(H,22,26)(H,23,24,25). The lowest BCUT2D eigenvalue weighted by atomic mass is 10.1. The van der Waals surface area contributed by atoms with Gasteiger partial charge in [0.25, 0.3) is 5.56 Å². The first kappa shape index (κ1) is 17.7. The van der Waals surface area contributed by atoms with Crippen molar-refractivity contribution in [3.8, 4) is 22.9 Å². The summed E-state index contributed by atoms with van der Waals surface area (Å²) >= 11 is 0. The molecule has 9 heteroatoms. The number of rotatable bonds is 4. The Kier molecular flexibility index (Phi) is 4.71. The van der Waals surface area contributed by atoms with Gasteiger partial charge < -0.3 is 19.8 Å². The molecular formula is C19H17N5O4. The molecule has 3 heterocycles. The van der Waals surface area contributed by atoms with Crippen molar-refractivity contribution in [3.63, 3.8) is 0 Å². The molecule has 0 radical (unpaired) electrons. The van der Waals surface area contributed by atoms with E-state index in [4.69, 9.17) is 9.47 Å². The topological polar surface area (TPSA) is 119 Å². The van der Waals surface area contributed by atoms with E-state index in [0.717, 1.165) is 12.0 Å². The number of hydrogen-bond donors (Lipinski definition) is 2. The fraction of sp³-hybridized carbons (Fsp3) is 0.211. The fourth-order valence-electron chi connectivity index (χ4n) is 2.89. The number of nitrogens with zero attached hydrogens (tertiary/aromatic N) is 3. The lowest BCUT2D eigenvalue weighted by Crippen LogP contribution is -2.31. The van der Waals surface area contributed by atoms with E-state index in [1.807, 2.05) is 12.1 Å². The van der Waals surface area contributed by atoms with Crippen LogP contribution >= 0.6 is 0 Å². The third-order valence-electron chi connectivity index (χ3n) is 4.23. The van der Waals surface area contributed by atoms with Crippen LogP contribution in [0.1, 0.15) is 24.4 Å². The van der Waals surface area contributed by atoms with Crippen molar-refractivity contribution in [2.45, 2.75) is 19.4 Å². The highest BCUT2D eigenvalue weighted by atomic mass is 16.6.